The van der Waals surface area contributed by atoms with Crippen LogP contribution in [0.5, 0.6) is 5.75 Å². The predicted molar refractivity (Wildman–Crippen MR) is 119 cm³/mol. The van der Waals surface area contributed by atoms with Crippen molar-refractivity contribution >= 4 is 5.91 Å². The number of amides is 1. The fourth-order valence-corrected chi connectivity index (χ4v) is 4.56. The number of nitrogens with zero attached hydrogens (tertiary/aromatic N) is 2. The molecule has 0 saturated carbocycles. The Bertz CT molecular complexity index is 1050. The Labute approximate surface area is 182 Å². The second kappa shape index (κ2) is 8.94. The Morgan fingerprint density at radius 3 is 2.87 bits per heavy atom. The number of nitrogens with one attached hydrogen (secondary N) is 2. The summed E-state index contributed by atoms with van der Waals surface area (Å²) in [6, 6.07) is 18.5. The van der Waals surface area contributed by atoms with E-state index < -0.39 is 0 Å². The predicted octanol–water partition coefficient (Wildman–Crippen LogP) is 3.54. The van der Waals surface area contributed by atoms with E-state index in [1.165, 1.54) is 17.7 Å². The van der Waals surface area contributed by atoms with Gasteiger partial charge in [0.1, 0.15) is 11.9 Å². The van der Waals surface area contributed by atoms with Gasteiger partial charge >= 0.3 is 0 Å². The molecule has 1 unspecified atom stereocenters. The van der Waals surface area contributed by atoms with Crippen LogP contribution in [0.4, 0.5) is 0 Å². The van der Waals surface area contributed by atoms with Gasteiger partial charge in [-0.3, -0.25) is 14.8 Å². The van der Waals surface area contributed by atoms with Crippen LogP contribution in [0, 0.1) is 0 Å². The molecule has 6 heteroatoms. The minimum Gasteiger partial charge on any atom is -0.484 e. The van der Waals surface area contributed by atoms with E-state index >= 15 is 0 Å². The van der Waals surface area contributed by atoms with Crippen LogP contribution >= 0.6 is 0 Å². The number of rotatable bonds is 6. The molecule has 1 amide bonds. The van der Waals surface area contributed by atoms with E-state index in [1.807, 2.05) is 36.4 Å². The maximum atomic E-state index is 12.6. The average molecular weight is 417 g/mol. The summed E-state index contributed by atoms with van der Waals surface area (Å²) in [6.45, 7) is 2.72. The molecule has 160 valence electrons. The zero-order valence-electron chi connectivity index (χ0n) is 17.6. The Morgan fingerprint density at radius 1 is 1.13 bits per heavy atom. The lowest BCUT2D eigenvalue weighted by Gasteiger charge is -2.24. The molecule has 1 aliphatic heterocycles. The summed E-state index contributed by atoms with van der Waals surface area (Å²) in [5.41, 5.74) is 5.84. The van der Waals surface area contributed by atoms with Crippen LogP contribution in [0.2, 0.25) is 0 Å². The summed E-state index contributed by atoms with van der Waals surface area (Å²) in [6.07, 6.45) is 3.70. The summed E-state index contributed by atoms with van der Waals surface area (Å²) in [7, 11) is 0. The first kappa shape index (κ1) is 19.8. The van der Waals surface area contributed by atoms with Crippen molar-refractivity contribution in [3.8, 4) is 5.75 Å². The molecule has 0 fully saturated rings. The summed E-state index contributed by atoms with van der Waals surface area (Å²) in [4.78, 5) is 14.9. The van der Waals surface area contributed by atoms with Crippen molar-refractivity contribution < 1.29 is 9.53 Å². The Kier molecular flexibility index (Phi) is 5.71. The van der Waals surface area contributed by atoms with Gasteiger partial charge in [-0.05, 0) is 36.5 Å². The molecule has 0 spiro atoms. The third kappa shape index (κ3) is 4.49. The highest BCUT2D eigenvalue weighted by molar-refractivity contribution is 5.76. The van der Waals surface area contributed by atoms with E-state index in [0.717, 1.165) is 48.5 Å². The lowest BCUT2D eigenvalue weighted by molar-refractivity contribution is -0.121. The fourth-order valence-electron chi connectivity index (χ4n) is 4.56. The molecule has 1 aliphatic carbocycles. The molecule has 2 N–H and O–H groups in total. The number of hydrogen-bond donors (Lipinski definition) is 2. The number of aromatic amines is 1. The average Bonchev–Trinajstić information content (AvgIpc) is 3.36. The van der Waals surface area contributed by atoms with Crippen LogP contribution in [0.25, 0.3) is 0 Å². The molecule has 0 bridgehead atoms. The number of aromatic nitrogens is 2. The maximum Gasteiger partial charge on any atom is 0.221 e. The lowest BCUT2D eigenvalue weighted by atomic mass is 10.1. The number of fused-ring (bicyclic) bond motifs is 2. The number of ether oxygens (including phenoxy) is 1. The minimum absolute atomic E-state index is 0.0560. The first-order valence-corrected chi connectivity index (χ1v) is 11.1. The zero-order valence-corrected chi connectivity index (χ0v) is 17.6. The summed E-state index contributed by atoms with van der Waals surface area (Å²) in [5, 5.41) is 10.5. The topological polar surface area (TPSA) is 70.2 Å². The molecule has 3 aromatic rings. The number of carbonyl (C=O) groups is 1. The monoisotopic (exact) mass is 416 g/mol. The smallest absolute Gasteiger partial charge is 0.221 e. The second-order valence-corrected chi connectivity index (χ2v) is 8.37. The molecular weight excluding hydrogens is 388 g/mol. The number of carbonyl (C=O) groups excluding carboxylic acids is 1. The SMILES string of the molecule is O=C(CCN1Cc2ccccc2OC(c2ccccc2)C1)NCc1n[nH]c2c1CCC2. The number of hydrogen-bond acceptors (Lipinski definition) is 4. The second-order valence-electron chi connectivity index (χ2n) is 8.37. The molecule has 31 heavy (non-hydrogen) atoms. The zero-order chi connectivity index (χ0) is 21.0. The van der Waals surface area contributed by atoms with Crippen molar-refractivity contribution in [1.82, 2.24) is 20.4 Å². The number of para-hydroxylation sites is 1. The highest BCUT2D eigenvalue weighted by atomic mass is 16.5. The quantitative estimate of drug-likeness (QED) is 0.645. The fraction of sp³-hybridized carbons (Fsp3) is 0.360. The van der Waals surface area contributed by atoms with Crippen LogP contribution in [0.1, 0.15) is 47.0 Å². The first-order chi connectivity index (χ1) is 15.3. The molecule has 2 heterocycles. The number of benzene rings is 2. The third-order valence-electron chi connectivity index (χ3n) is 6.23. The van der Waals surface area contributed by atoms with Gasteiger partial charge < -0.3 is 10.1 Å². The molecule has 1 atom stereocenters. The minimum atomic E-state index is -0.0560. The van der Waals surface area contributed by atoms with Crippen molar-refractivity contribution in [2.45, 2.75) is 44.9 Å². The maximum absolute atomic E-state index is 12.6. The first-order valence-electron chi connectivity index (χ1n) is 11.1. The van der Waals surface area contributed by atoms with Gasteiger partial charge in [-0.1, -0.05) is 48.5 Å². The molecule has 0 saturated heterocycles. The van der Waals surface area contributed by atoms with E-state index in [-0.39, 0.29) is 12.0 Å². The van der Waals surface area contributed by atoms with E-state index in [4.69, 9.17) is 4.74 Å². The third-order valence-corrected chi connectivity index (χ3v) is 6.23. The van der Waals surface area contributed by atoms with Gasteiger partial charge in [0.25, 0.3) is 0 Å². The standard InChI is InChI=1S/C25H28N4O2/c30-25(26-15-22-20-10-6-11-21(20)27-28-22)13-14-29-16-19-9-4-5-12-23(19)31-24(17-29)18-7-2-1-3-8-18/h1-5,7-9,12,24H,6,10-11,13-17H2,(H,26,30)(H,27,28). The lowest BCUT2D eigenvalue weighted by Crippen LogP contribution is -2.33. The molecule has 2 aliphatic rings. The summed E-state index contributed by atoms with van der Waals surface area (Å²) >= 11 is 0. The van der Waals surface area contributed by atoms with Gasteiger partial charge in [-0.15, -0.1) is 0 Å². The van der Waals surface area contributed by atoms with E-state index in [9.17, 15) is 4.79 Å². The summed E-state index contributed by atoms with van der Waals surface area (Å²) in [5.74, 6) is 0.986. The molecule has 6 nitrogen and oxygen atoms in total. The van der Waals surface area contributed by atoms with E-state index in [1.54, 1.807) is 0 Å². The van der Waals surface area contributed by atoms with Gasteiger partial charge in [0.2, 0.25) is 5.91 Å². The van der Waals surface area contributed by atoms with Crippen molar-refractivity contribution in [2.75, 3.05) is 13.1 Å². The van der Waals surface area contributed by atoms with E-state index in [2.05, 4.69) is 38.6 Å². The molecule has 5 rings (SSSR count). The normalized spacial score (nSPS) is 18.0. The Balaban J connectivity index is 1.22. The Morgan fingerprint density at radius 2 is 1.97 bits per heavy atom. The van der Waals surface area contributed by atoms with Crippen LogP contribution in [0.15, 0.2) is 54.6 Å². The number of H-pyrrole nitrogens is 1. The summed E-state index contributed by atoms with van der Waals surface area (Å²) < 4.78 is 6.37. The Hall–Kier alpha value is -3.12. The van der Waals surface area contributed by atoms with Crippen molar-refractivity contribution in [3.05, 3.63) is 82.7 Å². The van der Waals surface area contributed by atoms with Crippen molar-refractivity contribution in [3.63, 3.8) is 0 Å². The molecule has 1 aromatic heterocycles. The van der Waals surface area contributed by atoms with Gasteiger partial charge in [0.15, 0.2) is 0 Å². The molecule has 0 radical (unpaired) electrons. The van der Waals surface area contributed by atoms with E-state index in [0.29, 0.717) is 19.5 Å². The van der Waals surface area contributed by atoms with Gasteiger partial charge in [0, 0.05) is 37.3 Å². The highest BCUT2D eigenvalue weighted by Gasteiger charge is 2.24. The van der Waals surface area contributed by atoms with Gasteiger partial charge in [0.05, 0.1) is 12.2 Å². The highest BCUT2D eigenvalue weighted by Crippen LogP contribution is 2.31. The molecule has 2 aromatic carbocycles. The van der Waals surface area contributed by atoms with Crippen LogP contribution in [0.3, 0.4) is 0 Å². The number of aryl methyl sites for hydroxylation is 1. The van der Waals surface area contributed by atoms with Crippen molar-refractivity contribution in [1.29, 1.82) is 0 Å². The van der Waals surface area contributed by atoms with Crippen LogP contribution in [-0.2, 0) is 30.7 Å². The van der Waals surface area contributed by atoms with Crippen LogP contribution < -0.4 is 10.1 Å². The van der Waals surface area contributed by atoms with Gasteiger partial charge in [-0.2, -0.15) is 5.10 Å². The largest absolute Gasteiger partial charge is 0.484 e. The van der Waals surface area contributed by atoms with Gasteiger partial charge in [-0.25, -0.2) is 0 Å². The van der Waals surface area contributed by atoms with Crippen LogP contribution in [-0.4, -0.2) is 34.1 Å². The molecular formula is C25H28N4O2. The van der Waals surface area contributed by atoms with Crippen molar-refractivity contribution in [2.24, 2.45) is 0 Å².